The van der Waals surface area contributed by atoms with Gasteiger partial charge in [0.1, 0.15) is 26.7 Å². The second-order valence-corrected chi connectivity index (χ2v) is 20.3. The van der Waals surface area contributed by atoms with Crippen LogP contribution in [0.15, 0.2) is 124 Å². The molecule has 59 heavy (non-hydrogen) atoms. The van der Waals surface area contributed by atoms with Gasteiger partial charge < -0.3 is 14.5 Å². The maximum absolute atomic E-state index is 14.8. The van der Waals surface area contributed by atoms with Crippen molar-refractivity contribution in [2.45, 2.75) is 20.9 Å². The molecular weight excluding hydrogens is 861 g/mol. The van der Waals surface area contributed by atoms with E-state index in [0.29, 0.717) is 46.3 Å². The molecule has 0 aliphatic carbocycles. The second-order valence-electron chi connectivity index (χ2n) is 11.7. The van der Waals surface area contributed by atoms with Gasteiger partial charge in [-0.1, -0.05) is 65.8 Å². The van der Waals surface area contributed by atoms with E-state index in [1.54, 1.807) is 0 Å². The van der Waals surface area contributed by atoms with Gasteiger partial charge in [-0.05, 0) is 36.5 Å². The fourth-order valence-electron chi connectivity index (χ4n) is 5.91. The van der Waals surface area contributed by atoms with Crippen LogP contribution in [-0.2, 0) is 72.9 Å². The molecule has 2 heterocycles. The average Bonchev–Trinajstić information content (AvgIpc) is 3.23. The Hall–Kier alpha value is -6.02. The highest BCUT2D eigenvalue weighted by Crippen LogP contribution is 2.49. The molecule has 2 saturated heterocycles. The van der Waals surface area contributed by atoms with Gasteiger partial charge in [-0.2, -0.15) is 0 Å². The molecule has 0 aromatic carbocycles. The van der Waals surface area contributed by atoms with Crippen molar-refractivity contribution in [2.75, 3.05) is 26.7 Å². The van der Waals surface area contributed by atoms with Gasteiger partial charge in [0.05, 0.1) is 0 Å². The van der Waals surface area contributed by atoms with Gasteiger partial charge in [-0.3, -0.25) is 48.4 Å². The molecule has 0 spiro atoms. The van der Waals surface area contributed by atoms with Crippen LogP contribution in [-0.4, -0.2) is 146 Å². The van der Waals surface area contributed by atoms with Gasteiger partial charge in [0.2, 0.25) is 74.8 Å². The number of hydrogen-bond acceptors (Lipinski definition) is 15. The van der Waals surface area contributed by atoms with Crippen LogP contribution in [0.25, 0.3) is 0 Å². The Kier molecular flexibility index (Phi) is 14.9. The van der Waals surface area contributed by atoms with Crippen LogP contribution in [0.1, 0.15) is 0 Å². The summed E-state index contributed by atoms with van der Waals surface area (Å²) in [5, 5.41) is -0.671. The topological polar surface area (TPSA) is 268 Å². The third-order valence-electron chi connectivity index (χ3n) is 8.66. The van der Waals surface area contributed by atoms with Gasteiger partial charge in [0, 0.05) is 21.6 Å². The summed E-state index contributed by atoms with van der Waals surface area (Å²) in [4.78, 5) is 82.8. The molecule has 25 heteroatoms. The fraction of sp³-hybridized carbons (Fsp3) is 0.235. The lowest BCUT2D eigenvalue weighted by molar-refractivity contribution is -0.191. The van der Waals surface area contributed by atoms with E-state index in [2.05, 4.69) is 65.8 Å². The van der Waals surface area contributed by atoms with Gasteiger partial charge in [0.25, 0.3) is 0 Å². The van der Waals surface area contributed by atoms with Crippen LogP contribution in [0.4, 0.5) is 0 Å². The smallest absolute Gasteiger partial charge is 0.303 e. The van der Waals surface area contributed by atoms with Crippen molar-refractivity contribution in [3.05, 3.63) is 124 Å². The van der Waals surface area contributed by atoms with Crippen molar-refractivity contribution in [3.63, 3.8) is 0 Å². The van der Waals surface area contributed by atoms with E-state index in [0.717, 1.165) is 0 Å². The van der Waals surface area contributed by atoms with Crippen LogP contribution >= 0.6 is 0 Å². The minimum absolute atomic E-state index is 0.151. The molecule has 0 aromatic rings. The number of ether oxygens (including phenoxy) is 1. The molecule has 0 N–H and O–H groups in total. The van der Waals surface area contributed by atoms with Crippen molar-refractivity contribution in [1.29, 1.82) is 0 Å². The van der Waals surface area contributed by atoms with Crippen LogP contribution < -0.4 is 0 Å². The molecule has 0 unspecified atom stereocenters. The monoisotopic (exact) mass is 900 g/mol. The number of rotatable bonds is 18. The van der Waals surface area contributed by atoms with Gasteiger partial charge >= 0.3 is 8.53 Å². The number of sulfone groups is 4. The summed E-state index contributed by atoms with van der Waals surface area (Å²) >= 11 is 0. The zero-order chi connectivity index (χ0) is 45.7. The lowest BCUT2D eigenvalue weighted by atomic mass is 10.2. The summed E-state index contributed by atoms with van der Waals surface area (Å²) in [6.07, 6.45) is -3.19. The van der Waals surface area contributed by atoms with Gasteiger partial charge in [-0.25, -0.2) is 33.7 Å². The normalized spacial score (nSPS) is 16.2. The number of carbonyl (C=O) groups excluding carboxylic acids is 6. The number of carbonyl (C=O) groups is 6. The van der Waals surface area contributed by atoms with E-state index in [4.69, 9.17) is 4.74 Å². The Balaban J connectivity index is 3.74. The molecule has 21 nitrogen and oxygen atoms in total. The van der Waals surface area contributed by atoms with Crippen LogP contribution in [0.2, 0.25) is 0 Å². The molecule has 2 aliphatic rings. The molecule has 0 bridgehead atoms. The summed E-state index contributed by atoms with van der Waals surface area (Å²) in [5.41, 5.74) is 0. The summed E-state index contributed by atoms with van der Waals surface area (Å²) in [7, 11) is -24.9. The first-order valence-electron chi connectivity index (χ1n) is 16.0. The SMILES string of the molecule is C=CC(=O)N1CN(C(=O)C=C)C(C(OC(C2N(C(=O)C=C)CN(C(=O)C=C)CN2C(=O)C=C)(S(=O)(=O)C=C)S(=O)(=O)C=C)(S(=O)(=O)C=C)S(=O)(=O)C=C)N(C(=O)C=C)C1. The minimum Gasteiger partial charge on any atom is -0.303 e. The van der Waals surface area contributed by atoms with Crippen molar-refractivity contribution >= 4 is 74.8 Å². The van der Waals surface area contributed by atoms with Crippen LogP contribution in [0.5, 0.6) is 0 Å². The summed E-state index contributed by atoms with van der Waals surface area (Å²) in [6.45, 7) is 27.4. The Bertz CT molecular complexity index is 2100. The van der Waals surface area contributed by atoms with E-state index in [1.807, 2.05) is 0 Å². The Morgan fingerprint density at radius 2 is 0.576 bits per heavy atom. The molecule has 2 aliphatic heterocycles. The zero-order valence-corrected chi connectivity index (χ0v) is 34.5. The molecule has 6 amide bonds. The quantitative estimate of drug-likeness (QED) is 0.152. The number of amides is 6. The molecule has 2 rings (SSSR count). The molecule has 2 fully saturated rings. The minimum atomic E-state index is -6.23. The molecule has 0 saturated carbocycles. The highest BCUT2D eigenvalue weighted by Gasteiger charge is 2.76. The van der Waals surface area contributed by atoms with E-state index in [-0.39, 0.29) is 41.2 Å². The summed E-state index contributed by atoms with van der Waals surface area (Å²) < 4.78 is 115. The second kappa shape index (κ2) is 17.9. The molecule has 0 radical (unpaired) electrons. The maximum Gasteiger partial charge on any atom is 0.320 e. The zero-order valence-electron chi connectivity index (χ0n) is 31.3. The predicted molar refractivity (Wildman–Crippen MR) is 212 cm³/mol. The first-order chi connectivity index (χ1) is 27.3. The van der Waals surface area contributed by atoms with Crippen LogP contribution in [0.3, 0.4) is 0 Å². The summed E-state index contributed by atoms with van der Waals surface area (Å²) in [6, 6.07) is 0. The standard InChI is InChI=1S/C34H40N6O15S4/c1-11-25(41)35-21-37(27(43)13-3)31(38(22-35)28(44)14-4)33(56(47,48)17-7,57(49,50)18-8)55-34(58(51,52)19-9,59(53,54)20-10)32-39(29(45)15-5)23-36(26(42)12-2)24-40(32)30(46)16-6/h11-20,31-32H,1-10,21-24H2. The number of hydrogen-bond donors (Lipinski definition) is 0. The molecule has 0 aromatic heterocycles. The summed E-state index contributed by atoms with van der Waals surface area (Å²) in [5.74, 6) is -8.14. The van der Waals surface area contributed by atoms with Crippen LogP contribution in [0, 0.1) is 0 Å². The first kappa shape index (κ1) is 49.1. The fourth-order valence-corrected chi connectivity index (χ4v) is 13.6. The Labute approximate surface area is 341 Å². The van der Waals surface area contributed by atoms with Crippen molar-refractivity contribution in [1.82, 2.24) is 29.4 Å². The highest BCUT2D eigenvalue weighted by molar-refractivity contribution is 8.14. The molecular formula is C34H40N6O15S4. The first-order valence-corrected chi connectivity index (χ1v) is 22.2. The Morgan fingerprint density at radius 1 is 0.390 bits per heavy atom. The van der Waals surface area contributed by atoms with E-state index < -0.39 is 122 Å². The third kappa shape index (κ3) is 7.93. The predicted octanol–water partition coefficient (Wildman–Crippen LogP) is -0.859. The van der Waals surface area contributed by atoms with Gasteiger partial charge in [-0.15, -0.1) is 0 Å². The highest BCUT2D eigenvalue weighted by atomic mass is 32.3. The largest absolute Gasteiger partial charge is 0.320 e. The van der Waals surface area contributed by atoms with Gasteiger partial charge in [0.15, 0.2) is 12.3 Å². The molecule has 0 atom stereocenters. The lowest BCUT2D eigenvalue weighted by Crippen LogP contribution is -2.80. The molecule has 320 valence electrons. The van der Waals surface area contributed by atoms with Crippen molar-refractivity contribution in [2.24, 2.45) is 0 Å². The van der Waals surface area contributed by atoms with E-state index in [9.17, 15) is 62.4 Å². The van der Waals surface area contributed by atoms with E-state index in [1.165, 1.54) is 0 Å². The number of nitrogens with zero attached hydrogens (tertiary/aromatic N) is 6. The lowest BCUT2D eigenvalue weighted by Gasteiger charge is -2.57. The Morgan fingerprint density at radius 3 is 0.729 bits per heavy atom. The average molecular weight is 901 g/mol. The van der Waals surface area contributed by atoms with Crippen molar-refractivity contribution in [3.8, 4) is 0 Å². The maximum atomic E-state index is 14.8. The van der Waals surface area contributed by atoms with E-state index >= 15 is 0 Å². The third-order valence-corrected chi connectivity index (χ3v) is 17.5. The van der Waals surface area contributed by atoms with Crippen molar-refractivity contribution < 1.29 is 67.2 Å².